The third-order valence-electron chi connectivity index (χ3n) is 5.13. The summed E-state index contributed by atoms with van der Waals surface area (Å²) >= 11 is 0. The molecule has 0 spiro atoms. The second kappa shape index (κ2) is 14.8. The van der Waals surface area contributed by atoms with E-state index in [9.17, 15) is 15.3 Å². The number of aliphatic hydroxyl groups is 4. The second-order valence-corrected chi connectivity index (χ2v) is 7.46. The van der Waals surface area contributed by atoms with Crippen molar-refractivity contribution in [3.8, 4) is 0 Å². The monoisotopic (exact) mass is 376 g/mol. The first-order valence-corrected chi connectivity index (χ1v) is 10.5. The van der Waals surface area contributed by atoms with Crippen LogP contribution in [0.1, 0.15) is 84.0 Å². The Morgan fingerprint density at radius 1 is 0.692 bits per heavy atom. The van der Waals surface area contributed by atoms with Gasteiger partial charge in [-0.05, 0) is 6.42 Å². The largest absolute Gasteiger partial charge is 0.394 e. The van der Waals surface area contributed by atoms with Gasteiger partial charge in [0.2, 0.25) is 0 Å². The summed E-state index contributed by atoms with van der Waals surface area (Å²) in [6, 6.07) is 0. The van der Waals surface area contributed by atoms with Crippen molar-refractivity contribution in [3.63, 3.8) is 0 Å². The Morgan fingerprint density at radius 3 is 1.69 bits per heavy atom. The van der Waals surface area contributed by atoms with E-state index in [-0.39, 0.29) is 0 Å². The number of hydrogen-bond acceptors (Lipinski definition) is 6. The van der Waals surface area contributed by atoms with Gasteiger partial charge in [-0.25, -0.2) is 0 Å². The van der Waals surface area contributed by atoms with Crippen LogP contribution in [0.5, 0.6) is 0 Å². The second-order valence-electron chi connectivity index (χ2n) is 7.46. The first-order chi connectivity index (χ1) is 12.6. The lowest BCUT2D eigenvalue weighted by Crippen LogP contribution is -2.59. The molecule has 5 atom stereocenters. The van der Waals surface area contributed by atoms with E-state index in [4.69, 9.17) is 14.6 Å². The molecule has 0 aliphatic carbocycles. The highest BCUT2D eigenvalue weighted by Gasteiger charge is 2.43. The Kier molecular flexibility index (Phi) is 13.5. The first kappa shape index (κ1) is 23.8. The van der Waals surface area contributed by atoms with Crippen molar-refractivity contribution in [3.05, 3.63) is 0 Å². The Bertz CT molecular complexity index is 325. The highest BCUT2D eigenvalue weighted by molar-refractivity contribution is 4.88. The maximum atomic E-state index is 9.87. The molecule has 0 amide bonds. The summed E-state index contributed by atoms with van der Waals surface area (Å²) in [6.45, 7) is 2.25. The van der Waals surface area contributed by atoms with Gasteiger partial charge in [0.25, 0.3) is 0 Å². The molecule has 4 N–H and O–H groups in total. The minimum Gasteiger partial charge on any atom is -0.394 e. The summed E-state index contributed by atoms with van der Waals surface area (Å²) in [7, 11) is 0. The summed E-state index contributed by atoms with van der Waals surface area (Å²) in [5.41, 5.74) is 0. The van der Waals surface area contributed by atoms with Gasteiger partial charge >= 0.3 is 0 Å². The molecule has 1 saturated heterocycles. The van der Waals surface area contributed by atoms with Crippen LogP contribution < -0.4 is 0 Å². The molecule has 0 saturated carbocycles. The number of unbranched alkanes of at least 4 members (excludes halogenated alkanes) is 11. The number of aliphatic hydroxyl groups excluding tert-OH is 4. The zero-order valence-corrected chi connectivity index (χ0v) is 16.4. The van der Waals surface area contributed by atoms with Crippen LogP contribution in [0.15, 0.2) is 0 Å². The van der Waals surface area contributed by atoms with Crippen molar-refractivity contribution >= 4 is 0 Å². The molecule has 0 radical (unpaired) electrons. The number of hydrogen-bond donors (Lipinski definition) is 4. The van der Waals surface area contributed by atoms with Gasteiger partial charge in [0.1, 0.15) is 24.4 Å². The van der Waals surface area contributed by atoms with Gasteiger partial charge in [0, 0.05) is 6.61 Å². The lowest BCUT2D eigenvalue weighted by molar-refractivity contribution is -0.301. The van der Waals surface area contributed by atoms with Crippen LogP contribution in [0.4, 0.5) is 0 Å². The topological polar surface area (TPSA) is 99.4 Å². The summed E-state index contributed by atoms with van der Waals surface area (Å²) in [5, 5.41) is 38.4. The zero-order valence-electron chi connectivity index (χ0n) is 16.4. The average Bonchev–Trinajstić information content (AvgIpc) is 2.65. The van der Waals surface area contributed by atoms with Gasteiger partial charge in [0.05, 0.1) is 6.61 Å². The molecule has 1 aliphatic rings. The molecule has 0 aromatic carbocycles. The van der Waals surface area contributed by atoms with Gasteiger partial charge in [-0.3, -0.25) is 0 Å². The predicted octanol–water partition coefficient (Wildman–Crippen LogP) is 2.50. The molecule has 1 rings (SSSR count). The van der Waals surface area contributed by atoms with Crippen LogP contribution in [0, 0.1) is 0 Å². The minimum absolute atomic E-state index is 0.427. The Morgan fingerprint density at radius 2 is 1.19 bits per heavy atom. The van der Waals surface area contributed by atoms with Crippen LogP contribution in [0.25, 0.3) is 0 Å². The van der Waals surface area contributed by atoms with Crippen LogP contribution in [-0.2, 0) is 9.47 Å². The molecule has 1 heterocycles. The Hall–Kier alpha value is -0.240. The third kappa shape index (κ3) is 9.11. The third-order valence-corrected chi connectivity index (χ3v) is 5.13. The standard InChI is InChI=1S/C20H40O6/c1-2-3-4-5-6-7-8-9-10-11-12-13-14-25-20-19(24)18(23)17(22)16(15-21)26-20/h16-24H,2-15H2,1H3/t16-,17-,18+,19-,20+/m1/s1. The summed E-state index contributed by atoms with van der Waals surface area (Å²) in [4.78, 5) is 0. The maximum absolute atomic E-state index is 9.87. The average molecular weight is 377 g/mol. The van der Waals surface area contributed by atoms with Crippen molar-refractivity contribution < 1.29 is 29.9 Å². The molecule has 26 heavy (non-hydrogen) atoms. The minimum atomic E-state index is -1.37. The molecule has 6 heteroatoms. The van der Waals surface area contributed by atoms with E-state index < -0.39 is 37.3 Å². The molecule has 1 fully saturated rings. The van der Waals surface area contributed by atoms with Crippen molar-refractivity contribution in [1.82, 2.24) is 0 Å². The molecular weight excluding hydrogens is 336 g/mol. The molecule has 0 unspecified atom stereocenters. The molecular formula is C20H40O6. The van der Waals surface area contributed by atoms with Crippen molar-refractivity contribution in [1.29, 1.82) is 0 Å². The quantitative estimate of drug-likeness (QED) is 0.328. The van der Waals surface area contributed by atoms with Gasteiger partial charge < -0.3 is 29.9 Å². The van der Waals surface area contributed by atoms with Gasteiger partial charge in [-0.1, -0.05) is 77.6 Å². The van der Waals surface area contributed by atoms with E-state index in [0.29, 0.717) is 6.61 Å². The Labute approximate surface area is 158 Å². The fourth-order valence-electron chi connectivity index (χ4n) is 3.35. The van der Waals surface area contributed by atoms with E-state index in [2.05, 4.69) is 6.92 Å². The fraction of sp³-hybridized carbons (Fsp3) is 1.00. The SMILES string of the molecule is CCCCCCCCCCCCCCO[C@H]1O[C@H](CO)[C@@H](O)[C@H](O)[C@H]1O. The summed E-state index contributed by atoms with van der Waals surface area (Å²) in [5.74, 6) is 0. The van der Waals surface area contributed by atoms with E-state index in [1.54, 1.807) is 0 Å². The highest BCUT2D eigenvalue weighted by atomic mass is 16.7. The lowest BCUT2D eigenvalue weighted by atomic mass is 9.99. The first-order valence-electron chi connectivity index (χ1n) is 10.5. The molecule has 6 nitrogen and oxygen atoms in total. The number of ether oxygens (including phenoxy) is 2. The maximum Gasteiger partial charge on any atom is 0.186 e. The number of rotatable bonds is 15. The van der Waals surface area contributed by atoms with Gasteiger partial charge in [-0.15, -0.1) is 0 Å². The van der Waals surface area contributed by atoms with Gasteiger partial charge in [-0.2, -0.15) is 0 Å². The summed E-state index contributed by atoms with van der Waals surface area (Å²) in [6.07, 6.45) is 9.21. The van der Waals surface area contributed by atoms with E-state index in [1.165, 1.54) is 64.2 Å². The van der Waals surface area contributed by atoms with Crippen LogP contribution in [0.2, 0.25) is 0 Å². The van der Waals surface area contributed by atoms with Crippen molar-refractivity contribution in [2.75, 3.05) is 13.2 Å². The molecule has 0 aromatic rings. The van der Waals surface area contributed by atoms with Crippen molar-refractivity contribution in [2.24, 2.45) is 0 Å². The van der Waals surface area contributed by atoms with Crippen LogP contribution in [0.3, 0.4) is 0 Å². The van der Waals surface area contributed by atoms with Gasteiger partial charge in [0.15, 0.2) is 6.29 Å². The Balaban J connectivity index is 1.95. The fourth-order valence-corrected chi connectivity index (χ4v) is 3.35. The van der Waals surface area contributed by atoms with E-state index >= 15 is 0 Å². The molecule has 156 valence electrons. The van der Waals surface area contributed by atoms with E-state index in [1.807, 2.05) is 0 Å². The molecule has 0 bridgehead atoms. The predicted molar refractivity (Wildman–Crippen MR) is 101 cm³/mol. The van der Waals surface area contributed by atoms with Crippen LogP contribution >= 0.6 is 0 Å². The lowest BCUT2D eigenvalue weighted by Gasteiger charge is -2.39. The normalized spacial score (nSPS) is 29.2. The highest BCUT2D eigenvalue weighted by Crippen LogP contribution is 2.22. The summed E-state index contributed by atoms with van der Waals surface area (Å²) < 4.78 is 10.8. The van der Waals surface area contributed by atoms with Crippen molar-refractivity contribution in [2.45, 2.75) is 115 Å². The smallest absolute Gasteiger partial charge is 0.186 e. The van der Waals surface area contributed by atoms with Crippen LogP contribution in [-0.4, -0.2) is 64.3 Å². The molecule has 1 aliphatic heterocycles. The zero-order chi connectivity index (χ0) is 19.2. The molecule has 0 aromatic heterocycles. The van der Waals surface area contributed by atoms with E-state index in [0.717, 1.165) is 12.8 Å².